The maximum absolute atomic E-state index is 12.4. The van der Waals surface area contributed by atoms with Crippen molar-refractivity contribution in [3.63, 3.8) is 0 Å². The molecular weight excluding hydrogens is 320 g/mol. The molecule has 1 saturated carbocycles. The highest BCUT2D eigenvalue weighted by molar-refractivity contribution is 5.94. The number of likely N-dealkylation sites (tertiary alicyclic amines) is 1. The molecule has 25 heavy (non-hydrogen) atoms. The fourth-order valence-electron chi connectivity index (χ4n) is 2.81. The summed E-state index contributed by atoms with van der Waals surface area (Å²) in [5.74, 6) is 2.18. The average molecular weight is 342 g/mol. The summed E-state index contributed by atoms with van der Waals surface area (Å²) >= 11 is 0. The van der Waals surface area contributed by atoms with E-state index in [9.17, 15) is 4.79 Å². The summed E-state index contributed by atoms with van der Waals surface area (Å²) in [5, 5.41) is 4.01. The van der Waals surface area contributed by atoms with Crippen molar-refractivity contribution in [1.82, 2.24) is 20.0 Å². The third-order valence-corrected chi connectivity index (χ3v) is 4.68. The minimum absolute atomic E-state index is 0.00281. The van der Waals surface area contributed by atoms with E-state index in [1.54, 1.807) is 11.1 Å². The monoisotopic (exact) mass is 342 g/mol. The van der Waals surface area contributed by atoms with Crippen LogP contribution in [0.4, 0.5) is 0 Å². The number of aromatic nitrogens is 3. The maximum Gasteiger partial charge on any atom is 0.255 e. The van der Waals surface area contributed by atoms with Crippen LogP contribution in [0, 0.1) is 12.8 Å². The van der Waals surface area contributed by atoms with Gasteiger partial charge in [0, 0.05) is 38.0 Å². The van der Waals surface area contributed by atoms with E-state index in [1.807, 2.05) is 19.1 Å². The van der Waals surface area contributed by atoms with Gasteiger partial charge in [0.1, 0.15) is 0 Å². The quantitative estimate of drug-likeness (QED) is 0.716. The molecule has 1 amide bonds. The molecule has 7 nitrogen and oxygen atoms in total. The lowest BCUT2D eigenvalue weighted by atomic mass is 9.99. The van der Waals surface area contributed by atoms with E-state index in [4.69, 9.17) is 9.26 Å². The van der Waals surface area contributed by atoms with E-state index in [0.29, 0.717) is 43.4 Å². The third-order valence-electron chi connectivity index (χ3n) is 4.68. The third kappa shape index (κ3) is 3.87. The highest BCUT2D eigenvalue weighted by Gasteiger charge is 2.36. The molecule has 0 aromatic carbocycles. The smallest absolute Gasteiger partial charge is 0.255 e. The highest BCUT2D eigenvalue weighted by Crippen LogP contribution is 2.29. The van der Waals surface area contributed by atoms with Crippen molar-refractivity contribution >= 4 is 5.91 Å². The molecule has 0 bridgehead atoms. The fraction of sp³-hybridized carbons (Fsp3) is 0.556. The van der Waals surface area contributed by atoms with E-state index in [2.05, 4.69) is 15.1 Å². The molecule has 1 aliphatic carbocycles. The summed E-state index contributed by atoms with van der Waals surface area (Å²) in [6.07, 6.45) is 4.88. The van der Waals surface area contributed by atoms with Gasteiger partial charge in [-0.1, -0.05) is 5.16 Å². The average Bonchev–Trinajstić information content (AvgIpc) is 3.29. The first-order chi connectivity index (χ1) is 12.2. The van der Waals surface area contributed by atoms with Crippen molar-refractivity contribution in [3.05, 3.63) is 41.3 Å². The zero-order valence-corrected chi connectivity index (χ0v) is 14.4. The van der Waals surface area contributed by atoms with Crippen LogP contribution in [0.15, 0.2) is 22.9 Å². The number of carbonyl (C=O) groups excluding carboxylic acids is 1. The number of ether oxygens (including phenoxy) is 1. The SMILES string of the molecule is Cc1ccc(C(=O)N2CC(c3nc(CCOCC4CC4)no3)C2)cn1. The second-order valence-electron chi connectivity index (χ2n) is 6.91. The summed E-state index contributed by atoms with van der Waals surface area (Å²) in [6, 6.07) is 3.66. The van der Waals surface area contributed by atoms with Gasteiger partial charge in [0.15, 0.2) is 5.82 Å². The van der Waals surface area contributed by atoms with Crippen LogP contribution in [-0.2, 0) is 11.2 Å². The molecule has 3 heterocycles. The highest BCUT2D eigenvalue weighted by atomic mass is 16.5. The Hall–Kier alpha value is -2.28. The summed E-state index contributed by atoms with van der Waals surface area (Å²) in [7, 11) is 0. The molecular formula is C18H22N4O3. The van der Waals surface area contributed by atoms with Crippen molar-refractivity contribution in [1.29, 1.82) is 0 Å². The van der Waals surface area contributed by atoms with Crippen LogP contribution in [0.3, 0.4) is 0 Å². The topological polar surface area (TPSA) is 81.4 Å². The predicted molar refractivity (Wildman–Crippen MR) is 89.2 cm³/mol. The number of aryl methyl sites for hydroxylation is 1. The molecule has 1 aliphatic heterocycles. The largest absolute Gasteiger partial charge is 0.381 e. The Balaban J connectivity index is 1.24. The molecule has 4 rings (SSSR count). The van der Waals surface area contributed by atoms with Gasteiger partial charge in [-0.05, 0) is 37.8 Å². The van der Waals surface area contributed by atoms with Crippen LogP contribution in [-0.4, -0.2) is 52.2 Å². The molecule has 0 spiro atoms. The van der Waals surface area contributed by atoms with Crippen molar-refractivity contribution < 1.29 is 14.1 Å². The summed E-state index contributed by atoms with van der Waals surface area (Å²) in [6.45, 7) is 4.58. The molecule has 0 unspecified atom stereocenters. The van der Waals surface area contributed by atoms with Gasteiger partial charge in [-0.15, -0.1) is 0 Å². The maximum atomic E-state index is 12.4. The zero-order chi connectivity index (χ0) is 17.2. The number of nitrogens with zero attached hydrogens (tertiary/aromatic N) is 4. The first-order valence-corrected chi connectivity index (χ1v) is 8.81. The van der Waals surface area contributed by atoms with Gasteiger partial charge in [0.2, 0.25) is 5.89 Å². The molecule has 2 aromatic rings. The summed E-state index contributed by atoms with van der Waals surface area (Å²) in [4.78, 5) is 22.7. The first kappa shape index (κ1) is 16.2. The molecule has 2 fully saturated rings. The Bertz CT molecular complexity index is 733. The molecule has 0 N–H and O–H groups in total. The van der Waals surface area contributed by atoms with Crippen molar-refractivity contribution in [2.45, 2.75) is 32.1 Å². The Labute approximate surface area is 146 Å². The lowest BCUT2D eigenvalue weighted by molar-refractivity contribution is 0.0568. The number of hydrogen-bond acceptors (Lipinski definition) is 6. The normalized spacial score (nSPS) is 17.6. The number of amides is 1. The van der Waals surface area contributed by atoms with E-state index in [1.165, 1.54) is 12.8 Å². The van der Waals surface area contributed by atoms with Crippen LogP contribution in [0.5, 0.6) is 0 Å². The van der Waals surface area contributed by atoms with Gasteiger partial charge in [0.05, 0.1) is 18.1 Å². The van der Waals surface area contributed by atoms with Crippen LogP contribution < -0.4 is 0 Å². The number of hydrogen-bond donors (Lipinski definition) is 0. The Kier molecular flexibility index (Phi) is 4.48. The molecule has 0 atom stereocenters. The van der Waals surface area contributed by atoms with E-state index >= 15 is 0 Å². The van der Waals surface area contributed by atoms with E-state index in [-0.39, 0.29) is 11.8 Å². The molecule has 2 aromatic heterocycles. The predicted octanol–water partition coefficient (Wildman–Crippen LogP) is 1.98. The molecule has 132 valence electrons. The second kappa shape index (κ2) is 6.92. The van der Waals surface area contributed by atoms with Gasteiger partial charge in [-0.25, -0.2) is 0 Å². The van der Waals surface area contributed by atoms with Crippen molar-refractivity contribution in [2.75, 3.05) is 26.3 Å². The fourth-order valence-corrected chi connectivity index (χ4v) is 2.81. The van der Waals surface area contributed by atoms with Crippen LogP contribution >= 0.6 is 0 Å². The number of pyridine rings is 1. The molecule has 2 aliphatic rings. The molecule has 7 heteroatoms. The Morgan fingerprint density at radius 2 is 2.20 bits per heavy atom. The van der Waals surface area contributed by atoms with E-state index in [0.717, 1.165) is 18.2 Å². The minimum Gasteiger partial charge on any atom is -0.381 e. The minimum atomic E-state index is -0.00281. The van der Waals surface area contributed by atoms with Gasteiger partial charge < -0.3 is 14.2 Å². The Morgan fingerprint density at radius 3 is 2.92 bits per heavy atom. The van der Waals surface area contributed by atoms with Gasteiger partial charge in [-0.2, -0.15) is 4.98 Å². The van der Waals surface area contributed by atoms with Gasteiger partial charge in [0.25, 0.3) is 5.91 Å². The summed E-state index contributed by atoms with van der Waals surface area (Å²) < 4.78 is 10.9. The van der Waals surface area contributed by atoms with Gasteiger partial charge in [-0.3, -0.25) is 9.78 Å². The lowest BCUT2D eigenvalue weighted by Gasteiger charge is -2.37. The van der Waals surface area contributed by atoms with Crippen molar-refractivity contribution in [2.24, 2.45) is 5.92 Å². The molecule has 1 saturated heterocycles. The van der Waals surface area contributed by atoms with Crippen molar-refractivity contribution in [3.8, 4) is 0 Å². The zero-order valence-electron chi connectivity index (χ0n) is 14.4. The van der Waals surface area contributed by atoms with Crippen LogP contribution in [0.2, 0.25) is 0 Å². The summed E-state index contributed by atoms with van der Waals surface area (Å²) in [5.41, 5.74) is 1.51. The number of carbonyl (C=O) groups is 1. The standard InChI is InChI=1S/C18H22N4O3/c1-12-2-5-14(8-19-12)18(23)22-9-15(10-22)17-20-16(21-25-17)6-7-24-11-13-3-4-13/h2,5,8,13,15H,3-4,6-7,9-11H2,1H3. The van der Waals surface area contributed by atoms with Crippen LogP contribution in [0.25, 0.3) is 0 Å². The number of rotatable bonds is 7. The van der Waals surface area contributed by atoms with Crippen LogP contribution in [0.1, 0.15) is 46.5 Å². The first-order valence-electron chi connectivity index (χ1n) is 8.81. The second-order valence-corrected chi connectivity index (χ2v) is 6.91. The van der Waals surface area contributed by atoms with Gasteiger partial charge >= 0.3 is 0 Å². The Morgan fingerprint density at radius 1 is 1.36 bits per heavy atom. The molecule has 0 radical (unpaired) electrons. The lowest BCUT2D eigenvalue weighted by Crippen LogP contribution is -2.48. The van der Waals surface area contributed by atoms with E-state index < -0.39 is 0 Å².